The van der Waals surface area contributed by atoms with Crippen LogP contribution in [0.25, 0.3) is 21.8 Å². The van der Waals surface area contributed by atoms with Crippen LogP contribution in [0.4, 0.5) is 25.1 Å². The number of nitrogens with one attached hydrogen (secondary N) is 2. The lowest BCUT2D eigenvalue weighted by Crippen LogP contribution is -2.28. The molecule has 0 unspecified atom stereocenters. The second-order valence-corrected chi connectivity index (χ2v) is 7.99. The number of carbonyl (C=O) groups is 1. The van der Waals surface area contributed by atoms with E-state index in [-0.39, 0.29) is 35.6 Å². The Kier molecular flexibility index (Phi) is 7.44. The number of aromatic amines is 1. The van der Waals surface area contributed by atoms with Gasteiger partial charge in [-0.15, -0.1) is 11.6 Å². The van der Waals surface area contributed by atoms with Gasteiger partial charge in [0.15, 0.2) is 23.0 Å². The fraction of sp³-hybridized carbons (Fsp3) is 0.261. The first-order valence-electron chi connectivity index (χ1n) is 10.8. The number of hydrogen-bond acceptors (Lipinski definition) is 10. The van der Waals surface area contributed by atoms with E-state index in [1.165, 1.54) is 26.4 Å². The third kappa shape index (κ3) is 5.34. The van der Waals surface area contributed by atoms with Crippen LogP contribution in [0, 0.1) is 6.92 Å². The second-order valence-electron chi connectivity index (χ2n) is 7.61. The normalized spacial score (nSPS) is 11.4. The van der Waals surface area contributed by atoms with Crippen molar-refractivity contribution in [2.75, 3.05) is 32.0 Å². The van der Waals surface area contributed by atoms with Crippen LogP contribution in [0.5, 0.6) is 23.0 Å². The summed E-state index contributed by atoms with van der Waals surface area (Å²) in [7, 11) is 2.98. The van der Waals surface area contributed by atoms with E-state index in [9.17, 15) is 22.8 Å². The Morgan fingerprint density at radius 1 is 1.05 bits per heavy atom. The van der Waals surface area contributed by atoms with E-state index in [0.717, 1.165) is 0 Å². The summed E-state index contributed by atoms with van der Waals surface area (Å²) in [6.45, 7) is 1.62. The molecule has 0 atom stereocenters. The van der Waals surface area contributed by atoms with E-state index in [1.807, 2.05) is 0 Å². The van der Waals surface area contributed by atoms with Gasteiger partial charge in [-0.25, -0.2) is 19.7 Å². The predicted molar refractivity (Wildman–Crippen MR) is 131 cm³/mol. The van der Waals surface area contributed by atoms with E-state index in [1.54, 1.807) is 19.1 Å². The first-order valence-corrected chi connectivity index (χ1v) is 11.3. The third-order valence-electron chi connectivity index (χ3n) is 5.17. The smallest absolute Gasteiger partial charge is 0.491 e. The molecule has 4 aromatic rings. The lowest BCUT2D eigenvalue weighted by atomic mass is 10.1. The Balaban J connectivity index is 1.77. The highest BCUT2D eigenvalue weighted by Gasteiger charge is 2.42. The first kappa shape index (κ1) is 26.7. The van der Waals surface area contributed by atoms with E-state index in [4.69, 9.17) is 25.8 Å². The number of aromatic nitrogens is 4. The molecule has 2 aromatic heterocycles. The number of hydrogen-bond donors (Lipinski definition) is 2. The molecule has 0 saturated carbocycles. The number of H-pyrrole nitrogens is 1. The summed E-state index contributed by atoms with van der Waals surface area (Å²) >= 11 is 5.58. The SMILES string of the molecule is COc1cc2nc(Nc3nc4ccc(OCCCl)c(OC(=O)C(F)(F)F)c4c(=O)[nH]3)nc(C)c2cc1OC. The van der Waals surface area contributed by atoms with Gasteiger partial charge in [-0.2, -0.15) is 13.2 Å². The van der Waals surface area contributed by atoms with Gasteiger partial charge in [0.1, 0.15) is 12.0 Å². The van der Waals surface area contributed by atoms with Gasteiger partial charge < -0.3 is 18.9 Å². The number of fused-ring (bicyclic) bond motifs is 2. The van der Waals surface area contributed by atoms with Gasteiger partial charge in [-0.05, 0) is 25.1 Å². The third-order valence-corrected chi connectivity index (χ3v) is 5.33. The molecule has 15 heteroatoms. The number of methoxy groups -OCH3 is 2. The molecule has 0 spiro atoms. The van der Waals surface area contributed by atoms with Crippen LogP contribution in [-0.4, -0.2) is 58.8 Å². The second kappa shape index (κ2) is 10.6. The summed E-state index contributed by atoms with van der Waals surface area (Å²) in [5.74, 6) is -2.70. The Morgan fingerprint density at radius 3 is 2.42 bits per heavy atom. The summed E-state index contributed by atoms with van der Waals surface area (Å²) in [5.41, 5.74) is 0.0679. The molecular formula is C23H19ClF3N5O6. The number of anilines is 2. The minimum atomic E-state index is -5.31. The number of halogens is 4. The van der Waals surface area contributed by atoms with Gasteiger partial charge in [0.25, 0.3) is 5.56 Å². The van der Waals surface area contributed by atoms with Crippen LogP contribution in [0.1, 0.15) is 5.69 Å². The van der Waals surface area contributed by atoms with Crippen LogP contribution in [-0.2, 0) is 4.79 Å². The van der Waals surface area contributed by atoms with Crippen molar-refractivity contribution in [3.63, 3.8) is 0 Å². The van der Waals surface area contributed by atoms with Crippen molar-refractivity contribution in [1.82, 2.24) is 19.9 Å². The van der Waals surface area contributed by atoms with E-state index < -0.39 is 28.8 Å². The number of carbonyl (C=O) groups excluding carboxylic acids is 1. The zero-order valence-corrected chi connectivity index (χ0v) is 20.8. The van der Waals surface area contributed by atoms with Crippen molar-refractivity contribution in [2.24, 2.45) is 0 Å². The fourth-order valence-electron chi connectivity index (χ4n) is 3.53. The van der Waals surface area contributed by atoms with Crippen LogP contribution < -0.4 is 29.8 Å². The van der Waals surface area contributed by atoms with Crippen molar-refractivity contribution in [2.45, 2.75) is 13.1 Å². The van der Waals surface area contributed by atoms with Crippen molar-refractivity contribution < 1.29 is 36.9 Å². The standard InChI is InChI=1S/C23H19ClF3N5O6/c1-10-11-8-15(35-2)16(36-3)9-13(11)30-21(28-10)32-22-29-12-4-5-14(37-7-6-24)18(17(12)19(33)31-22)38-20(34)23(25,26)27/h4-5,8-9H,6-7H2,1-3H3,(H2,28,29,30,31,32,33). The number of ether oxygens (including phenoxy) is 4. The highest BCUT2D eigenvalue weighted by Crippen LogP contribution is 2.36. The predicted octanol–water partition coefficient (Wildman–Crippen LogP) is 4.02. The topological polar surface area (TPSA) is 138 Å². The average molecular weight is 554 g/mol. The number of alkyl halides is 4. The van der Waals surface area contributed by atoms with E-state index >= 15 is 0 Å². The molecule has 0 amide bonds. The van der Waals surface area contributed by atoms with E-state index in [2.05, 4.69) is 30.0 Å². The van der Waals surface area contributed by atoms with Gasteiger partial charge in [-0.3, -0.25) is 15.1 Å². The zero-order chi connectivity index (χ0) is 27.6. The molecule has 0 aliphatic carbocycles. The van der Waals surface area contributed by atoms with Gasteiger partial charge in [0.05, 0.1) is 36.8 Å². The first-order chi connectivity index (χ1) is 18.0. The summed E-state index contributed by atoms with van der Waals surface area (Å²) in [6.07, 6.45) is -5.31. The molecule has 0 radical (unpaired) electrons. The van der Waals surface area contributed by atoms with Gasteiger partial charge >= 0.3 is 12.1 Å². The highest BCUT2D eigenvalue weighted by molar-refractivity contribution is 6.18. The minimum absolute atomic E-state index is 0.00795. The molecule has 4 rings (SSSR count). The van der Waals surface area contributed by atoms with Gasteiger partial charge in [-0.1, -0.05) is 0 Å². The molecule has 0 aliphatic heterocycles. The summed E-state index contributed by atoms with van der Waals surface area (Å²) in [4.78, 5) is 39.8. The number of benzene rings is 2. The Labute approximate surface area is 216 Å². The number of nitrogens with zero attached hydrogens (tertiary/aromatic N) is 3. The van der Waals surface area contributed by atoms with Crippen LogP contribution in [0.2, 0.25) is 0 Å². The maximum atomic E-state index is 12.9. The van der Waals surface area contributed by atoms with Crippen molar-refractivity contribution >= 4 is 51.3 Å². The lowest BCUT2D eigenvalue weighted by Gasteiger charge is -2.14. The van der Waals surface area contributed by atoms with Crippen LogP contribution in [0.15, 0.2) is 29.1 Å². The summed E-state index contributed by atoms with van der Waals surface area (Å²) in [5, 5.41) is 3.02. The number of aryl methyl sites for hydroxylation is 1. The quantitative estimate of drug-likeness (QED) is 0.187. The summed E-state index contributed by atoms with van der Waals surface area (Å²) < 4.78 is 59.0. The average Bonchev–Trinajstić information content (AvgIpc) is 2.86. The molecule has 0 fully saturated rings. The molecule has 2 N–H and O–H groups in total. The minimum Gasteiger partial charge on any atom is -0.493 e. The Bertz CT molecular complexity index is 1590. The molecule has 0 bridgehead atoms. The molecule has 0 aliphatic rings. The monoisotopic (exact) mass is 553 g/mol. The van der Waals surface area contributed by atoms with Gasteiger partial charge in [0, 0.05) is 11.5 Å². The number of esters is 1. The van der Waals surface area contributed by atoms with E-state index in [0.29, 0.717) is 28.1 Å². The highest BCUT2D eigenvalue weighted by atomic mass is 35.5. The maximum Gasteiger partial charge on any atom is 0.491 e. The fourth-order valence-corrected chi connectivity index (χ4v) is 3.61. The molecule has 11 nitrogen and oxygen atoms in total. The Morgan fingerprint density at radius 2 is 1.76 bits per heavy atom. The number of rotatable bonds is 8. The van der Waals surface area contributed by atoms with Crippen molar-refractivity contribution in [1.29, 1.82) is 0 Å². The Hall–Kier alpha value is -4.33. The largest absolute Gasteiger partial charge is 0.493 e. The zero-order valence-electron chi connectivity index (χ0n) is 20.0. The van der Waals surface area contributed by atoms with Gasteiger partial charge in [0.2, 0.25) is 11.9 Å². The lowest BCUT2D eigenvalue weighted by molar-refractivity contribution is -0.189. The summed E-state index contributed by atoms with van der Waals surface area (Å²) in [6, 6.07) is 5.89. The molecule has 0 saturated heterocycles. The van der Waals surface area contributed by atoms with Crippen LogP contribution >= 0.6 is 11.6 Å². The molecular weight excluding hydrogens is 535 g/mol. The van der Waals surface area contributed by atoms with Crippen LogP contribution in [0.3, 0.4) is 0 Å². The molecule has 2 heterocycles. The molecule has 200 valence electrons. The van der Waals surface area contributed by atoms with Crippen molar-refractivity contribution in [3.8, 4) is 23.0 Å². The molecule has 38 heavy (non-hydrogen) atoms. The van der Waals surface area contributed by atoms with Crippen molar-refractivity contribution in [3.05, 3.63) is 40.3 Å². The molecule has 2 aromatic carbocycles. The maximum absolute atomic E-state index is 12.9.